The maximum absolute atomic E-state index is 13.2. The van der Waals surface area contributed by atoms with Gasteiger partial charge in [-0.15, -0.1) is 11.3 Å². The number of benzene rings is 1. The topological polar surface area (TPSA) is 49.9 Å². The predicted octanol–water partition coefficient (Wildman–Crippen LogP) is 3.90. The van der Waals surface area contributed by atoms with Gasteiger partial charge in [0.25, 0.3) is 0 Å². The Bertz CT molecular complexity index is 803. The highest BCUT2D eigenvalue weighted by atomic mass is 32.1. The SMILES string of the molecule is CCC(=O)N(CC(=O)N1CCc2sccc2C1COc1ccccc1)C(C)C. The normalized spacial score (nSPS) is 16.0. The monoisotopic (exact) mass is 400 g/mol. The van der Waals surface area contributed by atoms with E-state index in [0.29, 0.717) is 19.6 Å². The van der Waals surface area contributed by atoms with Crippen molar-refractivity contribution in [2.24, 2.45) is 0 Å². The van der Waals surface area contributed by atoms with Crippen molar-refractivity contribution < 1.29 is 14.3 Å². The maximum Gasteiger partial charge on any atom is 0.242 e. The van der Waals surface area contributed by atoms with Gasteiger partial charge >= 0.3 is 0 Å². The van der Waals surface area contributed by atoms with E-state index in [1.165, 1.54) is 10.4 Å². The molecule has 0 aliphatic carbocycles. The van der Waals surface area contributed by atoms with Crippen LogP contribution in [0.1, 0.15) is 43.7 Å². The first-order chi connectivity index (χ1) is 13.5. The number of rotatable bonds is 7. The number of para-hydroxylation sites is 1. The standard InChI is InChI=1S/C22H28N2O3S/c1-4-21(25)24(16(2)3)14-22(26)23-12-10-20-18(11-13-28-20)19(23)15-27-17-8-6-5-7-9-17/h5-9,11,13,16,19H,4,10,12,14-15H2,1-3H3. The van der Waals surface area contributed by atoms with Crippen molar-refractivity contribution in [3.05, 3.63) is 52.2 Å². The molecule has 1 aliphatic rings. The molecule has 1 unspecified atom stereocenters. The van der Waals surface area contributed by atoms with E-state index in [-0.39, 0.29) is 30.4 Å². The molecule has 0 bridgehead atoms. The van der Waals surface area contributed by atoms with Crippen LogP contribution in [0.5, 0.6) is 5.75 Å². The van der Waals surface area contributed by atoms with Gasteiger partial charge in [0.15, 0.2) is 0 Å². The zero-order valence-electron chi connectivity index (χ0n) is 16.8. The molecule has 0 saturated heterocycles. The van der Waals surface area contributed by atoms with Gasteiger partial charge < -0.3 is 14.5 Å². The van der Waals surface area contributed by atoms with Crippen LogP contribution in [0.15, 0.2) is 41.8 Å². The molecular formula is C22H28N2O3S. The minimum Gasteiger partial charge on any atom is -0.491 e. The van der Waals surface area contributed by atoms with Crippen molar-refractivity contribution in [1.29, 1.82) is 0 Å². The van der Waals surface area contributed by atoms with Gasteiger partial charge in [-0.2, -0.15) is 0 Å². The summed E-state index contributed by atoms with van der Waals surface area (Å²) in [7, 11) is 0. The van der Waals surface area contributed by atoms with Gasteiger partial charge in [0, 0.05) is 23.9 Å². The fraction of sp³-hybridized carbons (Fsp3) is 0.455. The van der Waals surface area contributed by atoms with Crippen LogP contribution in [-0.4, -0.2) is 47.4 Å². The van der Waals surface area contributed by atoms with Gasteiger partial charge in [-0.3, -0.25) is 9.59 Å². The molecule has 2 heterocycles. The number of hydrogen-bond acceptors (Lipinski definition) is 4. The molecule has 150 valence electrons. The first-order valence-corrected chi connectivity index (χ1v) is 10.7. The molecule has 3 rings (SSSR count). The van der Waals surface area contributed by atoms with Crippen molar-refractivity contribution in [3.63, 3.8) is 0 Å². The van der Waals surface area contributed by atoms with Gasteiger partial charge in [-0.05, 0) is 49.4 Å². The molecule has 1 aliphatic heterocycles. The summed E-state index contributed by atoms with van der Waals surface area (Å²) < 4.78 is 6.00. The summed E-state index contributed by atoms with van der Waals surface area (Å²) in [6, 6.07) is 11.6. The van der Waals surface area contributed by atoms with Crippen LogP contribution in [0.25, 0.3) is 0 Å². The molecule has 0 fully saturated rings. The molecule has 2 amide bonds. The van der Waals surface area contributed by atoms with Crippen LogP contribution in [0.3, 0.4) is 0 Å². The first-order valence-electron chi connectivity index (χ1n) is 9.84. The van der Waals surface area contributed by atoms with E-state index in [2.05, 4.69) is 11.4 Å². The molecule has 5 nitrogen and oxygen atoms in total. The van der Waals surface area contributed by atoms with Crippen molar-refractivity contribution in [3.8, 4) is 5.75 Å². The Morgan fingerprint density at radius 1 is 1.25 bits per heavy atom. The van der Waals surface area contributed by atoms with Crippen LogP contribution in [0.2, 0.25) is 0 Å². The summed E-state index contributed by atoms with van der Waals surface area (Å²) in [5.41, 5.74) is 1.17. The largest absolute Gasteiger partial charge is 0.491 e. The van der Waals surface area contributed by atoms with Crippen molar-refractivity contribution >= 4 is 23.2 Å². The van der Waals surface area contributed by atoms with E-state index in [0.717, 1.165) is 12.2 Å². The lowest BCUT2D eigenvalue weighted by molar-refractivity contribution is -0.144. The van der Waals surface area contributed by atoms with E-state index < -0.39 is 0 Å². The lowest BCUT2D eigenvalue weighted by Crippen LogP contribution is -2.49. The molecule has 28 heavy (non-hydrogen) atoms. The van der Waals surface area contributed by atoms with Crippen LogP contribution in [0, 0.1) is 0 Å². The Morgan fingerprint density at radius 3 is 2.68 bits per heavy atom. The highest BCUT2D eigenvalue weighted by Crippen LogP contribution is 2.34. The summed E-state index contributed by atoms with van der Waals surface area (Å²) in [5, 5.41) is 2.08. The highest BCUT2D eigenvalue weighted by Gasteiger charge is 2.33. The van der Waals surface area contributed by atoms with Gasteiger partial charge in [-0.1, -0.05) is 25.1 Å². The fourth-order valence-electron chi connectivity index (χ4n) is 3.56. The summed E-state index contributed by atoms with van der Waals surface area (Å²) >= 11 is 1.73. The molecule has 1 aromatic heterocycles. The number of fused-ring (bicyclic) bond motifs is 1. The number of ether oxygens (including phenoxy) is 1. The zero-order chi connectivity index (χ0) is 20.1. The summed E-state index contributed by atoms with van der Waals surface area (Å²) in [5.74, 6) is 0.782. The van der Waals surface area contributed by atoms with Gasteiger partial charge in [0.05, 0.1) is 12.6 Å². The lowest BCUT2D eigenvalue weighted by atomic mass is 10.00. The minimum atomic E-state index is -0.131. The Kier molecular flexibility index (Phi) is 6.73. The third-order valence-electron chi connectivity index (χ3n) is 5.12. The molecule has 2 aromatic rings. The second kappa shape index (κ2) is 9.24. The average molecular weight is 401 g/mol. The predicted molar refractivity (Wildman–Crippen MR) is 112 cm³/mol. The summed E-state index contributed by atoms with van der Waals surface area (Å²) in [4.78, 5) is 30.3. The first kappa shape index (κ1) is 20.4. The van der Waals surface area contributed by atoms with E-state index >= 15 is 0 Å². The van der Waals surface area contributed by atoms with E-state index in [4.69, 9.17) is 4.74 Å². The number of carbonyl (C=O) groups is 2. The molecule has 0 radical (unpaired) electrons. The minimum absolute atomic E-state index is 0.00285. The molecular weight excluding hydrogens is 372 g/mol. The van der Waals surface area contributed by atoms with E-state index in [1.54, 1.807) is 16.2 Å². The molecule has 1 aromatic carbocycles. The number of amides is 2. The van der Waals surface area contributed by atoms with Crippen LogP contribution >= 0.6 is 11.3 Å². The van der Waals surface area contributed by atoms with Crippen molar-refractivity contribution in [2.75, 3.05) is 19.7 Å². The smallest absolute Gasteiger partial charge is 0.242 e. The van der Waals surface area contributed by atoms with Gasteiger partial charge in [0.2, 0.25) is 11.8 Å². The summed E-state index contributed by atoms with van der Waals surface area (Å²) in [6.45, 7) is 6.90. The van der Waals surface area contributed by atoms with Crippen LogP contribution in [0.4, 0.5) is 0 Å². The molecule has 0 N–H and O–H groups in total. The second-order valence-corrected chi connectivity index (χ2v) is 8.25. The number of thiophene rings is 1. The second-order valence-electron chi connectivity index (χ2n) is 7.25. The van der Waals surface area contributed by atoms with E-state index in [9.17, 15) is 9.59 Å². The average Bonchev–Trinajstić information content (AvgIpc) is 3.19. The Balaban J connectivity index is 1.77. The Labute approximate surface area is 170 Å². The fourth-order valence-corrected chi connectivity index (χ4v) is 4.49. The number of carbonyl (C=O) groups excluding carboxylic acids is 2. The van der Waals surface area contributed by atoms with Gasteiger partial charge in [-0.25, -0.2) is 0 Å². The van der Waals surface area contributed by atoms with Crippen molar-refractivity contribution in [2.45, 2.75) is 45.7 Å². The molecule has 0 saturated carbocycles. The molecule has 6 heteroatoms. The third-order valence-corrected chi connectivity index (χ3v) is 6.11. The quantitative estimate of drug-likeness (QED) is 0.708. The maximum atomic E-state index is 13.2. The number of nitrogens with zero attached hydrogens (tertiary/aromatic N) is 2. The van der Waals surface area contributed by atoms with Gasteiger partial charge in [0.1, 0.15) is 12.4 Å². The Morgan fingerprint density at radius 2 is 2.00 bits per heavy atom. The van der Waals surface area contributed by atoms with Crippen LogP contribution < -0.4 is 4.74 Å². The molecule has 1 atom stereocenters. The van der Waals surface area contributed by atoms with Crippen molar-refractivity contribution in [1.82, 2.24) is 9.80 Å². The van der Waals surface area contributed by atoms with Crippen LogP contribution in [-0.2, 0) is 16.0 Å². The Hall–Kier alpha value is -2.34. The summed E-state index contributed by atoms with van der Waals surface area (Å²) in [6.07, 6.45) is 1.25. The lowest BCUT2D eigenvalue weighted by Gasteiger charge is -2.37. The molecule has 0 spiro atoms. The van der Waals surface area contributed by atoms with E-state index in [1.807, 2.05) is 56.0 Å². The third kappa shape index (κ3) is 4.55. The zero-order valence-corrected chi connectivity index (χ0v) is 17.6. The number of hydrogen-bond donors (Lipinski definition) is 0. The highest BCUT2D eigenvalue weighted by molar-refractivity contribution is 7.10.